The molecule has 1 aliphatic rings. The quantitative estimate of drug-likeness (QED) is 0.772. The Bertz CT molecular complexity index is 419. The van der Waals surface area contributed by atoms with Gasteiger partial charge >= 0.3 is 0 Å². The smallest absolute Gasteiger partial charge is 0.231 e. The SMILES string of the molecule is CCC(C)(C)C/C=C/c1ccc2c(c1)OCO2. The third-order valence-corrected chi connectivity index (χ3v) is 3.33. The summed E-state index contributed by atoms with van der Waals surface area (Å²) in [4.78, 5) is 0. The summed E-state index contributed by atoms with van der Waals surface area (Å²) in [6.45, 7) is 7.15. The predicted octanol–water partition coefficient (Wildman–Crippen LogP) is 4.25. The Labute approximate surface area is 103 Å². The summed E-state index contributed by atoms with van der Waals surface area (Å²) in [5, 5.41) is 0. The molecule has 1 aliphatic heterocycles. The highest BCUT2D eigenvalue weighted by molar-refractivity contribution is 5.56. The van der Waals surface area contributed by atoms with Crippen LogP contribution in [0.15, 0.2) is 24.3 Å². The molecule has 0 atom stereocenters. The molecule has 2 rings (SSSR count). The zero-order chi connectivity index (χ0) is 12.3. The van der Waals surface area contributed by atoms with Crippen molar-refractivity contribution in [1.29, 1.82) is 0 Å². The first kappa shape index (κ1) is 12.0. The number of benzene rings is 1. The topological polar surface area (TPSA) is 18.5 Å². The van der Waals surface area contributed by atoms with Gasteiger partial charge in [0.1, 0.15) is 0 Å². The van der Waals surface area contributed by atoms with Crippen LogP contribution in [0.5, 0.6) is 11.5 Å². The summed E-state index contributed by atoms with van der Waals surface area (Å²) < 4.78 is 10.6. The second kappa shape index (κ2) is 4.82. The number of allylic oxidation sites excluding steroid dienone is 1. The van der Waals surface area contributed by atoms with Gasteiger partial charge in [0.05, 0.1) is 0 Å². The van der Waals surface area contributed by atoms with Crippen molar-refractivity contribution in [2.24, 2.45) is 5.41 Å². The molecule has 0 N–H and O–H groups in total. The van der Waals surface area contributed by atoms with E-state index >= 15 is 0 Å². The van der Waals surface area contributed by atoms with Crippen LogP contribution >= 0.6 is 0 Å². The van der Waals surface area contributed by atoms with Crippen LogP contribution in [0.2, 0.25) is 0 Å². The van der Waals surface area contributed by atoms with Crippen LogP contribution in [0.3, 0.4) is 0 Å². The van der Waals surface area contributed by atoms with E-state index in [4.69, 9.17) is 9.47 Å². The molecule has 0 saturated carbocycles. The number of rotatable bonds is 4. The summed E-state index contributed by atoms with van der Waals surface area (Å²) in [6.07, 6.45) is 6.68. The van der Waals surface area contributed by atoms with Gasteiger partial charge in [-0.25, -0.2) is 0 Å². The molecule has 0 aromatic heterocycles. The van der Waals surface area contributed by atoms with Crippen molar-refractivity contribution in [3.05, 3.63) is 29.8 Å². The van der Waals surface area contributed by atoms with E-state index in [1.54, 1.807) is 0 Å². The maximum absolute atomic E-state index is 5.35. The lowest BCUT2D eigenvalue weighted by molar-refractivity contribution is 0.174. The van der Waals surface area contributed by atoms with Crippen LogP contribution in [-0.4, -0.2) is 6.79 Å². The summed E-state index contributed by atoms with van der Waals surface area (Å²) in [5.41, 5.74) is 1.55. The maximum Gasteiger partial charge on any atom is 0.231 e. The zero-order valence-electron chi connectivity index (χ0n) is 10.8. The Morgan fingerprint density at radius 2 is 2.00 bits per heavy atom. The minimum atomic E-state index is 0.339. The number of hydrogen-bond acceptors (Lipinski definition) is 2. The molecule has 1 aromatic rings. The molecule has 2 heteroatoms. The minimum Gasteiger partial charge on any atom is -0.454 e. The Morgan fingerprint density at radius 3 is 2.76 bits per heavy atom. The van der Waals surface area contributed by atoms with Gasteiger partial charge in [-0.15, -0.1) is 0 Å². The van der Waals surface area contributed by atoms with Crippen LogP contribution in [-0.2, 0) is 0 Å². The summed E-state index contributed by atoms with van der Waals surface area (Å²) in [7, 11) is 0. The van der Waals surface area contributed by atoms with Crippen molar-refractivity contribution in [1.82, 2.24) is 0 Å². The van der Waals surface area contributed by atoms with Gasteiger partial charge in [0.2, 0.25) is 6.79 Å². The van der Waals surface area contributed by atoms with E-state index in [-0.39, 0.29) is 0 Å². The molecular weight excluding hydrogens is 212 g/mol. The molecule has 17 heavy (non-hydrogen) atoms. The van der Waals surface area contributed by atoms with Crippen molar-refractivity contribution in [2.45, 2.75) is 33.6 Å². The Hall–Kier alpha value is -1.44. The Morgan fingerprint density at radius 1 is 1.24 bits per heavy atom. The number of fused-ring (bicyclic) bond motifs is 1. The van der Waals surface area contributed by atoms with Crippen LogP contribution in [0.1, 0.15) is 39.2 Å². The van der Waals surface area contributed by atoms with Crippen molar-refractivity contribution in [2.75, 3.05) is 6.79 Å². The second-order valence-corrected chi connectivity index (χ2v) is 5.24. The van der Waals surface area contributed by atoms with Crippen LogP contribution in [0.4, 0.5) is 0 Å². The van der Waals surface area contributed by atoms with Gasteiger partial charge in [0, 0.05) is 0 Å². The fourth-order valence-corrected chi connectivity index (χ4v) is 1.68. The first-order valence-electron chi connectivity index (χ1n) is 6.17. The van der Waals surface area contributed by atoms with E-state index in [0.717, 1.165) is 17.9 Å². The second-order valence-electron chi connectivity index (χ2n) is 5.24. The van der Waals surface area contributed by atoms with Crippen LogP contribution < -0.4 is 9.47 Å². The normalized spacial score (nSPS) is 14.5. The van der Waals surface area contributed by atoms with Crippen molar-refractivity contribution in [3.63, 3.8) is 0 Å². The molecule has 0 aliphatic carbocycles. The maximum atomic E-state index is 5.35. The summed E-state index contributed by atoms with van der Waals surface area (Å²) in [5.74, 6) is 1.69. The zero-order valence-corrected chi connectivity index (χ0v) is 10.8. The first-order valence-corrected chi connectivity index (χ1v) is 6.17. The van der Waals surface area contributed by atoms with E-state index in [2.05, 4.69) is 39.0 Å². The molecule has 0 fully saturated rings. The van der Waals surface area contributed by atoms with E-state index in [9.17, 15) is 0 Å². The van der Waals surface area contributed by atoms with E-state index in [1.165, 1.54) is 12.0 Å². The monoisotopic (exact) mass is 232 g/mol. The highest BCUT2D eigenvalue weighted by atomic mass is 16.7. The van der Waals surface area contributed by atoms with Gasteiger partial charge in [-0.05, 0) is 29.5 Å². The highest BCUT2D eigenvalue weighted by Gasteiger charge is 2.13. The third kappa shape index (κ3) is 3.02. The molecule has 2 nitrogen and oxygen atoms in total. The summed E-state index contributed by atoms with van der Waals surface area (Å²) >= 11 is 0. The highest BCUT2D eigenvalue weighted by Crippen LogP contribution is 2.33. The predicted molar refractivity (Wildman–Crippen MR) is 70.3 cm³/mol. The van der Waals surface area contributed by atoms with Crippen LogP contribution in [0.25, 0.3) is 6.08 Å². The molecule has 0 radical (unpaired) electrons. The van der Waals surface area contributed by atoms with E-state index in [1.807, 2.05) is 12.1 Å². The number of ether oxygens (including phenoxy) is 2. The van der Waals surface area contributed by atoms with Gasteiger partial charge < -0.3 is 9.47 Å². The Kier molecular flexibility index (Phi) is 3.41. The van der Waals surface area contributed by atoms with Gasteiger partial charge in [0.15, 0.2) is 11.5 Å². The average Bonchev–Trinajstić information content (AvgIpc) is 2.76. The Balaban J connectivity index is 2.02. The van der Waals surface area contributed by atoms with Crippen molar-refractivity contribution >= 4 is 6.08 Å². The molecule has 92 valence electrons. The van der Waals surface area contributed by atoms with Gasteiger partial charge in [-0.1, -0.05) is 45.4 Å². The molecule has 0 unspecified atom stereocenters. The van der Waals surface area contributed by atoms with E-state index in [0.29, 0.717) is 12.2 Å². The molecular formula is C15H20O2. The van der Waals surface area contributed by atoms with E-state index < -0.39 is 0 Å². The first-order chi connectivity index (χ1) is 8.11. The summed E-state index contributed by atoms with van der Waals surface area (Å²) in [6, 6.07) is 6.05. The molecule has 0 bridgehead atoms. The largest absolute Gasteiger partial charge is 0.454 e. The molecule has 0 amide bonds. The van der Waals surface area contributed by atoms with Crippen LogP contribution in [0, 0.1) is 5.41 Å². The van der Waals surface area contributed by atoms with Gasteiger partial charge in [0.25, 0.3) is 0 Å². The molecule has 0 spiro atoms. The fraction of sp³-hybridized carbons (Fsp3) is 0.467. The lowest BCUT2D eigenvalue weighted by Gasteiger charge is -2.19. The minimum absolute atomic E-state index is 0.339. The van der Waals surface area contributed by atoms with Gasteiger partial charge in [-0.2, -0.15) is 0 Å². The lowest BCUT2D eigenvalue weighted by atomic mass is 9.86. The standard InChI is InChI=1S/C15H20O2/c1-4-15(2,3)9-5-6-12-7-8-13-14(10-12)17-11-16-13/h5-8,10H,4,9,11H2,1-3H3/b6-5+. The average molecular weight is 232 g/mol. The molecule has 1 heterocycles. The third-order valence-electron chi connectivity index (χ3n) is 3.33. The molecule has 1 aromatic carbocycles. The van der Waals surface area contributed by atoms with Gasteiger partial charge in [-0.3, -0.25) is 0 Å². The molecule has 0 saturated heterocycles. The number of hydrogen-bond donors (Lipinski definition) is 0. The lowest BCUT2D eigenvalue weighted by Crippen LogP contribution is -2.06. The van der Waals surface area contributed by atoms with Crippen molar-refractivity contribution in [3.8, 4) is 11.5 Å². The van der Waals surface area contributed by atoms with Crippen molar-refractivity contribution < 1.29 is 9.47 Å². The fourth-order valence-electron chi connectivity index (χ4n) is 1.68.